The number of nitrogens with zero attached hydrogens (tertiary/aromatic N) is 3. The van der Waals surface area contributed by atoms with Crippen LogP contribution in [0.2, 0.25) is 0 Å². The van der Waals surface area contributed by atoms with Crippen LogP contribution in [0.1, 0.15) is 15.9 Å². The summed E-state index contributed by atoms with van der Waals surface area (Å²) >= 11 is 0. The normalized spacial score (nSPS) is 14.4. The number of benzene rings is 2. The Labute approximate surface area is 200 Å². The number of carbonyl (C=O) groups excluding carboxylic acids is 2. The molecule has 7 nitrogen and oxygen atoms in total. The number of anilines is 3. The highest BCUT2D eigenvalue weighted by Gasteiger charge is 2.31. The fraction of sp³-hybridized carbons (Fsp3) is 0.240. The van der Waals surface area contributed by atoms with Crippen molar-refractivity contribution in [1.82, 2.24) is 9.88 Å². The van der Waals surface area contributed by atoms with E-state index in [9.17, 15) is 22.8 Å². The van der Waals surface area contributed by atoms with Crippen molar-refractivity contribution in [3.63, 3.8) is 0 Å². The van der Waals surface area contributed by atoms with Crippen LogP contribution in [0.5, 0.6) is 0 Å². The highest BCUT2D eigenvalue weighted by Crippen LogP contribution is 2.29. The first-order valence-corrected chi connectivity index (χ1v) is 11.1. The first kappa shape index (κ1) is 24.2. The van der Waals surface area contributed by atoms with E-state index in [1.807, 2.05) is 28.0 Å². The number of para-hydroxylation sites is 2. The van der Waals surface area contributed by atoms with Gasteiger partial charge in [-0.15, -0.1) is 0 Å². The summed E-state index contributed by atoms with van der Waals surface area (Å²) in [5.74, 6) is -0.115. The Bertz CT molecular complexity index is 1160. The van der Waals surface area contributed by atoms with Gasteiger partial charge in [-0.2, -0.15) is 13.2 Å². The molecule has 0 saturated carbocycles. The monoisotopic (exact) mass is 483 g/mol. The predicted octanol–water partition coefficient (Wildman–Crippen LogP) is 4.11. The average Bonchev–Trinajstić information content (AvgIpc) is 2.85. The fourth-order valence-corrected chi connectivity index (χ4v) is 3.78. The van der Waals surface area contributed by atoms with Gasteiger partial charge in [-0.3, -0.25) is 14.5 Å². The Morgan fingerprint density at radius 1 is 0.857 bits per heavy atom. The lowest BCUT2D eigenvalue weighted by Crippen LogP contribution is -2.49. The number of rotatable bonds is 6. The Morgan fingerprint density at radius 2 is 1.54 bits per heavy atom. The summed E-state index contributed by atoms with van der Waals surface area (Å²) in [6, 6.07) is 18.2. The third-order valence-corrected chi connectivity index (χ3v) is 5.62. The lowest BCUT2D eigenvalue weighted by molar-refractivity contribution is -0.137. The van der Waals surface area contributed by atoms with Crippen molar-refractivity contribution >= 4 is 29.0 Å². The van der Waals surface area contributed by atoms with E-state index in [2.05, 4.69) is 15.6 Å². The van der Waals surface area contributed by atoms with Crippen LogP contribution in [-0.4, -0.2) is 54.4 Å². The molecule has 182 valence electrons. The molecule has 1 fully saturated rings. The molecular weight excluding hydrogens is 459 g/mol. The van der Waals surface area contributed by atoms with Gasteiger partial charge in [0.15, 0.2) is 0 Å². The number of pyridine rings is 1. The van der Waals surface area contributed by atoms with E-state index in [1.54, 1.807) is 36.4 Å². The molecular formula is C25H24F3N5O2. The van der Waals surface area contributed by atoms with Crippen molar-refractivity contribution in [3.8, 4) is 0 Å². The Kier molecular flexibility index (Phi) is 7.31. The van der Waals surface area contributed by atoms with Gasteiger partial charge in [0, 0.05) is 38.1 Å². The van der Waals surface area contributed by atoms with Crippen LogP contribution in [0, 0.1) is 0 Å². The topological polar surface area (TPSA) is 77.6 Å². The first-order valence-electron chi connectivity index (χ1n) is 11.1. The molecule has 2 amide bonds. The molecule has 35 heavy (non-hydrogen) atoms. The van der Waals surface area contributed by atoms with E-state index in [-0.39, 0.29) is 18.4 Å². The molecule has 10 heteroatoms. The summed E-state index contributed by atoms with van der Waals surface area (Å²) in [5.41, 5.74) is 0.634. The zero-order valence-corrected chi connectivity index (χ0v) is 18.8. The number of carbonyl (C=O) groups is 2. The van der Waals surface area contributed by atoms with Crippen molar-refractivity contribution in [3.05, 3.63) is 84.1 Å². The Balaban J connectivity index is 1.30. The number of alkyl halides is 3. The highest BCUT2D eigenvalue weighted by molar-refractivity contribution is 6.10. The summed E-state index contributed by atoms with van der Waals surface area (Å²) in [6.07, 6.45) is -3.58. The Morgan fingerprint density at radius 3 is 2.20 bits per heavy atom. The molecule has 4 rings (SSSR count). The second kappa shape index (κ2) is 10.6. The third kappa shape index (κ3) is 6.36. The van der Waals surface area contributed by atoms with Crippen molar-refractivity contribution in [2.75, 3.05) is 48.3 Å². The largest absolute Gasteiger partial charge is 0.417 e. The molecule has 0 unspecified atom stereocenters. The molecule has 1 aromatic heterocycles. The van der Waals surface area contributed by atoms with Gasteiger partial charge in [-0.1, -0.05) is 30.3 Å². The molecule has 3 aromatic rings. The fourth-order valence-electron chi connectivity index (χ4n) is 3.78. The number of amides is 2. The van der Waals surface area contributed by atoms with Crippen molar-refractivity contribution < 1.29 is 22.8 Å². The van der Waals surface area contributed by atoms with Gasteiger partial charge in [0.1, 0.15) is 5.82 Å². The molecule has 0 radical (unpaired) electrons. The summed E-state index contributed by atoms with van der Waals surface area (Å²) in [7, 11) is 0. The second-order valence-electron chi connectivity index (χ2n) is 8.08. The van der Waals surface area contributed by atoms with Gasteiger partial charge in [0.2, 0.25) is 5.91 Å². The van der Waals surface area contributed by atoms with E-state index < -0.39 is 11.7 Å². The summed E-state index contributed by atoms with van der Waals surface area (Å²) in [6.45, 7) is 2.28. The molecule has 1 aliphatic rings. The van der Waals surface area contributed by atoms with Gasteiger partial charge < -0.3 is 15.5 Å². The zero-order chi connectivity index (χ0) is 24.8. The number of nitrogens with one attached hydrogen (secondary N) is 2. The molecule has 0 aliphatic carbocycles. The van der Waals surface area contributed by atoms with Crippen LogP contribution in [-0.2, 0) is 11.0 Å². The maximum atomic E-state index is 12.7. The van der Waals surface area contributed by atoms with Crippen LogP contribution in [0.4, 0.5) is 30.4 Å². The summed E-state index contributed by atoms with van der Waals surface area (Å²) in [5, 5.41) is 5.62. The lowest BCUT2D eigenvalue weighted by atomic mass is 10.1. The molecule has 0 spiro atoms. The van der Waals surface area contributed by atoms with Gasteiger partial charge in [-0.05, 0) is 36.4 Å². The molecule has 0 bridgehead atoms. The zero-order valence-electron chi connectivity index (χ0n) is 18.8. The smallest absolute Gasteiger partial charge is 0.354 e. The van der Waals surface area contributed by atoms with E-state index in [0.29, 0.717) is 48.9 Å². The quantitative estimate of drug-likeness (QED) is 0.552. The Hall–Kier alpha value is -3.92. The minimum atomic E-state index is -4.42. The minimum absolute atomic E-state index is 0.128. The third-order valence-electron chi connectivity index (χ3n) is 5.62. The van der Waals surface area contributed by atoms with E-state index >= 15 is 0 Å². The van der Waals surface area contributed by atoms with E-state index in [0.717, 1.165) is 12.3 Å². The standard InChI is InChI=1S/C25H24F3N5O2/c26-25(27,28)18-10-11-22(29-16-18)33-14-12-32(13-15-33)17-23(34)31-21-9-5-4-8-20(21)24(35)30-19-6-2-1-3-7-19/h1-11,16H,12-15,17H2,(H,30,35)(H,31,34). The lowest BCUT2D eigenvalue weighted by Gasteiger charge is -2.35. The number of halogens is 3. The van der Waals surface area contributed by atoms with Crippen molar-refractivity contribution in [2.45, 2.75) is 6.18 Å². The molecule has 2 heterocycles. The predicted molar refractivity (Wildman–Crippen MR) is 127 cm³/mol. The average molecular weight is 483 g/mol. The molecule has 1 saturated heterocycles. The minimum Gasteiger partial charge on any atom is -0.354 e. The second-order valence-corrected chi connectivity index (χ2v) is 8.08. The molecule has 1 aliphatic heterocycles. The number of hydrogen-bond acceptors (Lipinski definition) is 5. The molecule has 2 aromatic carbocycles. The van der Waals surface area contributed by atoms with Crippen LogP contribution in [0.3, 0.4) is 0 Å². The maximum Gasteiger partial charge on any atom is 0.417 e. The van der Waals surface area contributed by atoms with Crippen molar-refractivity contribution in [2.24, 2.45) is 0 Å². The van der Waals surface area contributed by atoms with Crippen LogP contribution in [0.15, 0.2) is 72.9 Å². The summed E-state index contributed by atoms with van der Waals surface area (Å²) < 4.78 is 38.2. The molecule has 0 atom stereocenters. The van der Waals surface area contributed by atoms with Crippen LogP contribution >= 0.6 is 0 Å². The van der Waals surface area contributed by atoms with Gasteiger partial charge >= 0.3 is 6.18 Å². The highest BCUT2D eigenvalue weighted by atomic mass is 19.4. The van der Waals surface area contributed by atoms with Crippen LogP contribution < -0.4 is 15.5 Å². The summed E-state index contributed by atoms with van der Waals surface area (Å²) in [4.78, 5) is 33.2. The maximum absolute atomic E-state index is 12.7. The van der Waals surface area contributed by atoms with Crippen LogP contribution in [0.25, 0.3) is 0 Å². The SMILES string of the molecule is O=C(CN1CCN(c2ccc(C(F)(F)F)cn2)CC1)Nc1ccccc1C(=O)Nc1ccccc1. The van der Waals surface area contributed by atoms with E-state index in [1.165, 1.54) is 6.07 Å². The number of aromatic nitrogens is 1. The number of hydrogen-bond donors (Lipinski definition) is 2. The van der Waals surface area contributed by atoms with Gasteiger partial charge in [0.05, 0.1) is 23.4 Å². The first-order chi connectivity index (χ1) is 16.8. The van der Waals surface area contributed by atoms with Gasteiger partial charge in [0.25, 0.3) is 5.91 Å². The van der Waals surface area contributed by atoms with Gasteiger partial charge in [-0.25, -0.2) is 4.98 Å². The van der Waals surface area contributed by atoms with E-state index in [4.69, 9.17) is 0 Å². The number of piperazine rings is 1. The van der Waals surface area contributed by atoms with Crippen molar-refractivity contribution in [1.29, 1.82) is 0 Å². The molecule has 2 N–H and O–H groups in total.